The number of nitrogens with two attached hydrogens (primary N) is 1. The topological polar surface area (TPSA) is 160 Å². The summed E-state index contributed by atoms with van der Waals surface area (Å²) >= 11 is 0. The van der Waals surface area contributed by atoms with Crippen molar-refractivity contribution in [2.75, 3.05) is 18.8 Å². The number of likely N-dealkylation sites (tertiary alicyclic amines) is 1. The Morgan fingerprint density at radius 2 is 1.83 bits per heavy atom. The smallest absolute Gasteiger partial charge is 0.317 e. The molecule has 0 radical (unpaired) electrons. The molecule has 1 atom stereocenters. The highest BCUT2D eigenvalue weighted by Gasteiger charge is 2.28. The molecule has 11 heteroatoms. The van der Waals surface area contributed by atoms with E-state index in [2.05, 4.69) is 9.97 Å². The van der Waals surface area contributed by atoms with Gasteiger partial charge >= 0.3 is 6.01 Å². The molecule has 1 amide bonds. The SMILES string of the molecule is CCC(=O)N1CCCC(n2nc(-c3ccc(Oc4ccc(O)c(O)c4)cc3)c3c(N)nc(O)nc32)C1. The van der Waals surface area contributed by atoms with Crippen molar-refractivity contribution < 1.29 is 24.9 Å². The van der Waals surface area contributed by atoms with Crippen LogP contribution in [0.25, 0.3) is 22.3 Å². The lowest BCUT2D eigenvalue weighted by Crippen LogP contribution is -2.40. The van der Waals surface area contributed by atoms with Gasteiger partial charge in [0.15, 0.2) is 17.1 Å². The van der Waals surface area contributed by atoms with Gasteiger partial charge in [-0.2, -0.15) is 15.1 Å². The van der Waals surface area contributed by atoms with Gasteiger partial charge in [0.1, 0.15) is 23.0 Å². The fourth-order valence-electron chi connectivity index (χ4n) is 4.50. The number of piperidine rings is 1. The summed E-state index contributed by atoms with van der Waals surface area (Å²) in [5, 5.41) is 34.6. The van der Waals surface area contributed by atoms with E-state index >= 15 is 0 Å². The van der Waals surface area contributed by atoms with E-state index in [9.17, 15) is 20.1 Å². The summed E-state index contributed by atoms with van der Waals surface area (Å²) in [7, 11) is 0. The molecule has 0 saturated carbocycles. The minimum Gasteiger partial charge on any atom is -0.504 e. The normalized spacial score (nSPS) is 15.8. The zero-order valence-corrected chi connectivity index (χ0v) is 19.6. The number of hydrogen-bond donors (Lipinski definition) is 4. The van der Waals surface area contributed by atoms with Gasteiger partial charge in [-0.15, -0.1) is 0 Å². The third-order valence-electron chi connectivity index (χ3n) is 6.28. The average Bonchev–Trinajstić information content (AvgIpc) is 3.26. The Bertz CT molecular complexity index is 1440. The zero-order chi connectivity index (χ0) is 25.4. The second-order valence-electron chi connectivity index (χ2n) is 8.67. The Labute approximate surface area is 206 Å². The second-order valence-corrected chi connectivity index (χ2v) is 8.67. The number of phenols is 2. The standard InChI is InChI=1S/C25H26N6O5/c1-2-20(34)30-11-3-4-15(13-30)31-24-21(23(26)27-25(35)28-24)22(29-31)14-5-7-16(8-6-14)36-17-9-10-18(32)19(33)12-17/h5-10,12,15,32-33H,2-4,11,13H2,1H3,(H3,26,27,28,35). The van der Waals surface area contributed by atoms with Crippen LogP contribution in [-0.2, 0) is 4.79 Å². The van der Waals surface area contributed by atoms with Gasteiger partial charge in [-0.1, -0.05) is 6.92 Å². The highest BCUT2D eigenvalue weighted by molar-refractivity contribution is 5.98. The first-order valence-corrected chi connectivity index (χ1v) is 11.7. The molecule has 1 fully saturated rings. The van der Waals surface area contributed by atoms with Crippen molar-refractivity contribution in [2.24, 2.45) is 0 Å². The fraction of sp³-hybridized carbons (Fsp3) is 0.280. The van der Waals surface area contributed by atoms with E-state index < -0.39 is 6.01 Å². The van der Waals surface area contributed by atoms with E-state index in [0.717, 1.165) is 18.4 Å². The third kappa shape index (κ3) is 4.30. The molecular weight excluding hydrogens is 464 g/mol. The van der Waals surface area contributed by atoms with E-state index in [1.165, 1.54) is 12.1 Å². The third-order valence-corrected chi connectivity index (χ3v) is 6.28. The van der Waals surface area contributed by atoms with E-state index in [-0.39, 0.29) is 29.3 Å². The van der Waals surface area contributed by atoms with Crippen LogP contribution in [0.15, 0.2) is 42.5 Å². The Balaban J connectivity index is 1.50. The highest BCUT2D eigenvalue weighted by Crippen LogP contribution is 2.36. The van der Waals surface area contributed by atoms with Crippen molar-refractivity contribution in [2.45, 2.75) is 32.2 Å². The van der Waals surface area contributed by atoms with Crippen LogP contribution in [0.2, 0.25) is 0 Å². The Kier molecular flexibility index (Phi) is 5.96. The Morgan fingerprint density at radius 3 is 2.56 bits per heavy atom. The fourth-order valence-corrected chi connectivity index (χ4v) is 4.50. The molecule has 3 heterocycles. The first kappa shape index (κ1) is 23.2. The van der Waals surface area contributed by atoms with Gasteiger partial charge < -0.3 is 30.7 Å². The molecule has 1 aliphatic heterocycles. The lowest BCUT2D eigenvalue weighted by Gasteiger charge is -2.32. The lowest BCUT2D eigenvalue weighted by molar-refractivity contribution is -0.132. The van der Waals surface area contributed by atoms with Crippen LogP contribution in [0.4, 0.5) is 5.82 Å². The molecule has 5 rings (SSSR count). The number of carbonyl (C=O) groups excluding carboxylic acids is 1. The number of aromatic nitrogens is 4. The Hall–Kier alpha value is -4.54. The van der Waals surface area contributed by atoms with Crippen molar-refractivity contribution in [3.05, 3.63) is 42.5 Å². The van der Waals surface area contributed by atoms with Crippen LogP contribution >= 0.6 is 0 Å². The largest absolute Gasteiger partial charge is 0.504 e. The van der Waals surface area contributed by atoms with Crippen LogP contribution in [0, 0.1) is 0 Å². The van der Waals surface area contributed by atoms with Crippen molar-refractivity contribution >= 4 is 22.8 Å². The predicted octanol–water partition coefficient (Wildman–Crippen LogP) is 3.56. The lowest BCUT2D eigenvalue weighted by atomic mass is 10.1. The van der Waals surface area contributed by atoms with Gasteiger partial charge in [-0.05, 0) is 49.2 Å². The van der Waals surface area contributed by atoms with Crippen molar-refractivity contribution in [3.8, 4) is 40.3 Å². The number of amides is 1. The number of ether oxygens (including phenoxy) is 1. The van der Waals surface area contributed by atoms with E-state index in [0.29, 0.717) is 47.7 Å². The number of benzene rings is 2. The summed E-state index contributed by atoms with van der Waals surface area (Å²) in [6, 6.07) is 10.7. The number of hydrogen-bond acceptors (Lipinski definition) is 9. The summed E-state index contributed by atoms with van der Waals surface area (Å²) in [5.74, 6) is 0.564. The predicted molar refractivity (Wildman–Crippen MR) is 132 cm³/mol. The van der Waals surface area contributed by atoms with Crippen molar-refractivity contribution in [1.29, 1.82) is 0 Å². The highest BCUT2D eigenvalue weighted by atomic mass is 16.5. The van der Waals surface area contributed by atoms with Crippen LogP contribution in [0.3, 0.4) is 0 Å². The molecule has 0 aliphatic carbocycles. The van der Waals surface area contributed by atoms with Crippen molar-refractivity contribution in [1.82, 2.24) is 24.6 Å². The molecule has 2 aromatic carbocycles. The first-order valence-electron chi connectivity index (χ1n) is 11.7. The molecule has 0 spiro atoms. The number of anilines is 1. The average molecular weight is 491 g/mol. The zero-order valence-electron chi connectivity index (χ0n) is 19.6. The minimum absolute atomic E-state index is 0.0888. The molecular formula is C25H26N6O5. The molecule has 36 heavy (non-hydrogen) atoms. The van der Waals surface area contributed by atoms with Crippen LogP contribution in [-0.4, -0.2) is 59.0 Å². The maximum absolute atomic E-state index is 12.3. The first-order chi connectivity index (χ1) is 17.3. The molecule has 0 bridgehead atoms. The van der Waals surface area contributed by atoms with Gasteiger partial charge in [-0.3, -0.25) is 4.79 Å². The van der Waals surface area contributed by atoms with Gasteiger partial charge in [0.25, 0.3) is 0 Å². The quantitative estimate of drug-likeness (QED) is 0.307. The summed E-state index contributed by atoms with van der Waals surface area (Å²) in [5.41, 5.74) is 7.89. The maximum Gasteiger partial charge on any atom is 0.317 e. The van der Waals surface area contributed by atoms with Gasteiger partial charge in [0.05, 0.1) is 11.4 Å². The van der Waals surface area contributed by atoms with Crippen LogP contribution in [0.1, 0.15) is 32.2 Å². The van der Waals surface area contributed by atoms with E-state index in [1.807, 2.05) is 24.0 Å². The minimum atomic E-state index is -0.439. The molecule has 1 aliphatic rings. The molecule has 11 nitrogen and oxygen atoms in total. The van der Waals surface area contributed by atoms with Crippen LogP contribution in [0.5, 0.6) is 29.0 Å². The monoisotopic (exact) mass is 490 g/mol. The molecule has 186 valence electrons. The Morgan fingerprint density at radius 1 is 1.08 bits per heavy atom. The number of nitrogen functional groups attached to an aromatic ring is 1. The molecule has 5 N–H and O–H groups in total. The summed E-state index contributed by atoms with van der Waals surface area (Å²) < 4.78 is 7.50. The summed E-state index contributed by atoms with van der Waals surface area (Å²) in [4.78, 5) is 22.3. The van der Waals surface area contributed by atoms with E-state index in [4.69, 9.17) is 15.6 Å². The molecule has 4 aromatic rings. The van der Waals surface area contributed by atoms with Crippen LogP contribution < -0.4 is 10.5 Å². The number of phenolic OH excluding ortho intramolecular Hbond substituents is 2. The van der Waals surface area contributed by atoms with Gasteiger partial charge in [0, 0.05) is 31.1 Å². The summed E-state index contributed by atoms with van der Waals surface area (Å²) in [6.07, 6.45) is 2.07. The van der Waals surface area contributed by atoms with Crippen molar-refractivity contribution in [3.63, 3.8) is 0 Å². The second kappa shape index (κ2) is 9.25. The molecule has 1 saturated heterocycles. The number of rotatable bonds is 5. The number of carbonyl (C=O) groups is 1. The maximum atomic E-state index is 12.3. The number of nitrogens with zero attached hydrogens (tertiary/aromatic N) is 5. The molecule has 1 unspecified atom stereocenters. The van der Waals surface area contributed by atoms with Gasteiger partial charge in [0.2, 0.25) is 5.91 Å². The van der Waals surface area contributed by atoms with Gasteiger partial charge in [-0.25, -0.2) is 4.68 Å². The number of aromatic hydroxyl groups is 3. The summed E-state index contributed by atoms with van der Waals surface area (Å²) in [6.45, 7) is 3.05. The van der Waals surface area contributed by atoms with E-state index in [1.54, 1.807) is 22.9 Å². The molecule has 2 aromatic heterocycles. The number of fused-ring (bicyclic) bond motifs is 1.